The van der Waals surface area contributed by atoms with Crippen LogP contribution in [0, 0.1) is 19.1 Å². The first-order chi connectivity index (χ1) is 20.8. The summed E-state index contributed by atoms with van der Waals surface area (Å²) in [6.45, 7) is 8.71. The molecule has 2 aliphatic rings. The van der Waals surface area contributed by atoms with Gasteiger partial charge in [-0.25, -0.2) is 4.98 Å². The third-order valence-electron chi connectivity index (χ3n) is 8.38. The fraction of sp³-hybridized carbons (Fsp3) is 0.216. The molecule has 0 N–H and O–H groups in total. The Labute approximate surface area is 271 Å². The summed E-state index contributed by atoms with van der Waals surface area (Å²) in [4.78, 5) is 14.2. The zero-order chi connectivity index (χ0) is 29.3. The molecule has 2 atom stereocenters. The van der Waals surface area contributed by atoms with Gasteiger partial charge in [-0.1, -0.05) is 68.4 Å². The molecular formula is C37H30N4O2Pt. The van der Waals surface area contributed by atoms with Crippen molar-refractivity contribution in [3.8, 4) is 17.2 Å². The second-order valence-corrected chi connectivity index (χ2v) is 12.4. The first-order valence-electron chi connectivity index (χ1n) is 14.6. The molecule has 0 amide bonds. The molecule has 7 heteroatoms. The first-order valence-corrected chi connectivity index (χ1v) is 14.6. The predicted molar refractivity (Wildman–Crippen MR) is 168 cm³/mol. The van der Waals surface area contributed by atoms with Crippen molar-refractivity contribution in [2.75, 3.05) is 0 Å². The number of fused-ring (bicyclic) bond motifs is 6. The van der Waals surface area contributed by atoms with E-state index in [4.69, 9.17) is 19.5 Å². The number of aromatic nitrogens is 3. The van der Waals surface area contributed by atoms with Crippen LogP contribution in [0.4, 0.5) is 0 Å². The molecule has 0 saturated carbocycles. The van der Waals surface area contributed by atoms with E-state index in [2.05, 4.69) is 104 Å². The van der Waals surface area contributed by atoms with Crippen LogP contribution in [0.15, 0.2) is 90.2 Å². The molecule has 1 aliphatic carbocycles. The molecular weight excluding hydrogens is 728 g/mol. The third kappa shape index (κ3) is 4.82. The number of pyridine rings is 2. The first kappa shape index (κ1) is 28.5. The average Bonchev–Trinajstić information content (AvgIpc) is 3.66. The van der Waals surface area contributed by atoms with Gasteiger partial charge in [0, 0.05) is 40.6 Å². The zero-order valence-electron chi connectivity index (χ0n) is 24.9. The van der Waals surface area contributed by atoms with Gasteiger partial charge in [0.25, 0.3) is 0 Å². The van der Waals surface area contributed by atoms with Crippen molar-refractivity contribution >= 4 is 27.8 Å². The maximum Gasteiger partial charge on any atom is 2.00 e. The number of benzene rings is 3. The second kappa shape index (κ2) is 10.7. The normalized spacial score (nSPS) is 17.1. The van der Waals surface area contributed by atoms with Gasteiger partial charge in [0.2, 0.25) is 0 Å². The topological polar surface area (TPSA) is 61.5 Å². The Bertz CT molecular complexity index is 2090. The van der Waals surface area contributed by atoms with Crippen molar-refractivity contribution < 1.29 is 30.5 Å². The number of aliphatic imine (C=N–C) groups is 1. The Morgan fingerprint density at radius 2 is 1.75 bits per heavy atom. The van der Waals surface area contributed by atoms with Gasteiger partial charge in [0.05, 0.1) is 5.52 Å². The standard InChI is InChI=1S/C37H30N4O2.Pt/c1-22-11-12-32-30(16-22)29-10-7-14-39-35(29)41(32)25-18-24(37(2,3)4)19-27(20-25)42-26-13-15-38-31(21-26)36-40-34-28-9-6-5-8-23(28)17-33(34)43-36;/h5-16,18-19,33-34H,17H2,1-4H3;/q-2;+2/t33-,34+;/m0./s1. The summed E-state index contributed by atoms with van der Waals surface area (Å²) < 4.78 is 14.9. The van der Waals surface area contributed by atoms with Crippen LogP contribution in [0.3, 0.4) is 0 Å². The minimum Gasteiger partial charge on any atom is -0.526 e. The fourth-order valence-corrected chi connectivity index (χ4v) is 6.21. The molecule has 3 aromatic heterocycles. The molecule has 8 rings (SSSR count). The van der Waals surface area contributed by atoms with E-state index in [9.17, 15) is 0 Å². The summed E-state index contributed by atoms with van der Waals surface area (Å²) in [5.74, 6) is 1.63. The molecule has 4 heterocycles. The van der Waals surface area contributed by atoms with Crippen LogP contribution < -0.4 is 4.74 Å². The summed E-state index contributed by atoms with van der Waals surface area (Å²) in [5.41, 5.74) is 8.11. The van der Waals surface area contributed by atoms with Crippen LogP contribution in [-0.2, 0) is 37.6 Å². The van der Waals surface area contributed by atoms with Gasteiger partial charge in [0.15, 0.2) is 0 Å². The van der Waals surface area contributed by atoms with Crippen molar-refractivity contribution in [1.29, 1.82) is 0 Å². The van der Waals surface area contributed by atoms with E-state index in [-0.39, 0.29) is 38.6 Å². The van der Waals surface area contributed by atoms with Crippen LogP contribution in [0.1, 0.15) is 54.8 Å². The summed E-state index contributed by atoms with van der Waals surface area (Å²) in [7, 11) is 0. The maximum absolute atomic E-state index is 6.45. The van der Waals surface area contributed by atoms with Crippen molar-refractivity contribution in [2.45, 2.75) is 51.7 Å². The second-order valence-electron chi connectivity index (χ2n) is 12.4. The number of hydrogen-bond donors (Lipinski definition) is 0. The van der Waals surface area contributed by atoms with Crippen LogP contribution in [0.25, 0.3) is 27.6 Å². The van der Waals surface area contributed by atoms with Crippen LogP contribution >= 0.6 is 0 Å². The Hall–Kier alpha value is -4.28. The molecule has 0 bridgehead atoms. The Balaban J connectivity index is 0.00000312. The quantitative estimate of drug-likeness (QED) is 0.171. The molecule has 6 aromatic rings. The summed E-state index contributed by atoms with van der Waals surface area (Å²) >= 11 is 0. The molecule has 44 heavy (non-hydrogen) atoms. The third-order valence-corrected chi connectivity index (χ3v) is 8.38. The van der Waals surface area contributed by atoms with E-state index in [0.29, 0.717) is 23.1 Å². The van der Waals surface area contributed by atoms with Crippen LogP contribution in [0.5, 0.6) is 11.5 Å². The largest absolute Gasteiger partial charge is 2.00 e. The minimum absolute atomic E-state index is 0. The van der Waals surface area contributed by atoms with Crippen molar-refractivity contribution in [2.24, 2.45) is 4.99 Å². The van der Waals surface area contributed by atoms with Crippen molar-refractivity contribution in [1.82, 2.24) is 14.5 Å². The molecule has 3 aromatic carbocycles. The number of ether oxygens (including phenoxy) is 2. The SMILES string of the molecule is Cc1ccc2c(c1)c1cccnc1n2-c1[c-]c(Oc2[c-]c(C3=N[C@@H]4c5ccccc5C[C@@H]4O3)ncc2)cc(C(C)(C)C)c1.[Pt+2]. The maximum atomic E-state index is 6.45. The predicted octanol–water partition coefficient (Wildman–Crippen LogP) is 8.01. The van der Waals surface area contributed by atoms with Gasteiger partial charge >= 0.3 is 21.1 Å². The van der Waals surface area contributed by atoms with Gasteiger partial charge in [-0.3, -0.25) is 4.98 Å². The molecule has 0 radical (unpaired) electrons. The Kier molecular flexibility index (Phi) is 6.93. The van der Waals surface area contributed by atoms with Crippen molar-refractivity contribution in [3.63, 3.8) is 0 Å². The van der Waals surface area contributed by atoms with Gasteiger partial charge in [-0.2, -0.15) is 0 Å². The van der Waals surface area contributed by atoms with Gasteiger partial charge in [0.1, 0.15) is 23.7 Å². The molecule has 220 valence electrons. The van der Waals surface area contributed by atoms with E-state index >= 15 is 0 Å². The summed E-state index contributed by atoms with van der Waals surface area (Å²) in [6.07, 6.45) is 4.39. The van der Waals surface area contributed by atoms with Gasteiger partial charge < -0.3 is 19.0 Å². The average molecular weight is 758 g/mol. The van der Waals surface area contributed by atoms with Crippen molar-refractivity contribution in [3.05, 3.63) is 125 Å². The Morgan fingerprint density at radius 3 is 2.61 bits per heavy atom. The zero-order valence-corrected chi connectivity index (χ0v) is 27.1. The van der Waals surface area contributed by atoms with Gasteiger partial charge in [-0.05, 0) is 53.9 Å². The fourth-order valence-electron chi connectivity index (χ4n) is 6.21. The number of rotatable bonds is 4. The summed E-state index contributed by atoms with van der Waals surface area (Å²) in [6, 6.07) is 31.9. The van der Waals surface area contributed by atoms with E-state index in [1.165, 1.54) is 16.7 Å². The molecule has 0 fully saturated rings. The molecule has 0 saturated heterocycles. The molecule has 0 spiro atoms. The number of nitrogens with zero attached hydrogens (tertiary/aromatic N) is 4. The number of hydrogen-bond acceptors (Lipinski definition) is 5. The smallest absolute Gasteiger partial charge is 0.526 e. The number of aryl methyl sites for hydroxylation is 1. The Morgan fingerprint density at radius 1 is 0.886 bits per heavy atom. The summed E-state index contributed by atoms with van der Waals surface area (Å²) in [5, 5.41) is 2.27. The van der Waals surface area contributed by atoms with Crippen LogP contribution in [-0.4, -0.2) is 26.5 Å². The van der Waals surface area contributed by atoms with Gasteiger partial charge in [-0.15, -0.1) is 29.8 Å². The van der Waals surface area contributed by atoms with E-state index in [1.54, 1.807) is 12.3 Å². The molecule has 0 unspecified atom stereocenters. The monoisotopic (exact) mass is 757 g/mol. The van der Waals surface area contributed by atoms with E-state index in [1.807, 2.05) is 18.3 Å². The van der Waals surface area contributed by atoms with Crippen LogP contribution in [0.2, 0.25) is 0 Å². The van der Waals surface area contributed by atoms with E-state index in [0.717, 1.165) is 39.6 Å². The minimum atomic E-state index is -0.127. The van der Waals surface area contributed by atoms with E-state index < -0.39 is 0 Å². The molecule has 6 nitrogen and oxygen atoms in total. The molecule has 1 aliphatic heterocycles.